The van der Waals surface area contributed by atoms with Gasteiger partial charge in [-0.1, -0.05) is 0 Å². The highest BCUT2D eigenvalue weighted by Gasteiger charge is 2.14. The molecule has 0 spiro atoms. The minimum Gasteiger partial charge on any atom is -0.479 e. The maximum atomic E-state index is 5.35. The van der Waals surface area contributed by atoms with Gasteiger partial charge in [0, 0.05) is 12.5 Å². The highest BCUT2D eigenvalue weighted by molar-refractivity contribution is 5.77. The molecule has 2 unspecified atom stereocenters. The summed E-state index contributed by atoms with van der Waals surface area (Å²) in [7, 11) is 0. The predicted octanol–water partition coefficient (Wildman–Crippen LogP) is 1.67. The summed E-state index contributed by atoms with van der Waals surface area (Å²) in [6, 6.07) is 0.652. The van der Waals surface area contributed by atoms with E-state index in [1.54, 1.807) is 0 Å². The molecule has 0 amide bonds. The number of aliphatic imine (C=N–C) groups is 2. The van der Waals surface area contributed by atoms with Crippen molar-refractivity contribution in [3.05, 3.63) is 0 Å². The standard InChI is InChI=1S/C9H16N2O/c1-7(10-3)4-5-9-11-8(2)6-12-9/h7-8H,3-6H2,1-2H3. The maximum absolute atomic E-state index is 5.35. The smallest absolute Gasteiger partial charge is 0.183 e. The van der Waals surface area contributed by atoms with E-state index in [0.717, 1.165) is 25.3 Å². The van der Waals surface area contributed by atoms with Gasteiger partial charge in [-0.25, -0.2) is 4.99 Å². The summed E-state index contributed by atoms with van der Waals surface area (Å²) >= 11 is 0. The van der Waals surface area contributed by atoms with E-state index in [0.29, 0.717) is 12.1 Å². The Kier molecular flexibility index (Phi) is 3.26. The van der Waals surface area contributed by atoms with E-state index in [-0.39, 0.29) is 0 Å². The Bertz CT molecular complexity index is 189. The SMILES string of the molecule is C=NC(C)CCC1=NC(C)CO1. The summed E-state index contributed by atoms with van der Waals surface area (Å²) in [5.41, 5.74) is 0. The molecule has 0 bridgehead atoms. The van der Waals surface area contributed by atoms with Crippen molar-refractivity contribution in [1.82, 2.24) is 0 Å². The number of hydrogen-bond donors (Lipinski definition) is 0. The first-order valence-corrected chi connectivity index (χ1v) is 4.37. The van der Waals surface area contributed by atoms with Crippen LogP contribution in [0.1, 0.15) is 26.7 Å². The third-order valence-corrected chi connectivity index (χ3v) is 1.94. The molecule has 1 aliphatic rings. The van der Waals surface area contributed by atoms with Gasteiger partial charge >= 0.3 is 0 Å². The zero-order valence-electron chi connectivity index (χ0n) is 7.79. The van der Waals surface area contributed by atoms with Gasteiger partial charge in [-0.15, -0.1) is 0 Å². The summed E-state index contributed by atoms with van der Waals surface area (Å²) in [6.45, 7) is 8.34. The summed E-state index contributed by atoms with van der Waals surface area (Å²) < 4.78 is 5.35. The lowest BCUT2D eigenvalue weighted by Gasteiger charge is -2.04. The number of rotatable bonds is 4. The van der Waals surface area contributed by atoms with Crippen molar-refractivity contribution < 1.29 is 4.74 Å². The zero-order valence-corrected chi connectivity index (χ0v) is 7.79. The van der Waals surface area contributed by atoms with E-state index in [2.05, 4.69) is 23.6 Å². The topological polar surface area (TPSA) is 34.0 Å². The molecular weight excluding hydrogens is 152 g/mol. The van der Waals surface area contributed by atoms with Gasteiger partial charge in [0.25, 0.3) is 0 Å². The Balaban J connectivity index is 2.23. The quantitative estimate of drug-likeness (QED) is 0.588. The number of ether oxygens (including phenoxy) is 1. The molecule has 0 aromatic carbocycles. The first-order valence-electron chi connectivity index (χ1n) is 4.37. The van der Waals surface area contributed by atoms with Crippen molar-refractivity contribution >= 4 is 12.6 Å². The van der Waals surface area contributed by atoms with Crippen molar-refractivity contribution in [1.29, 1.82) is 0 Å². The molecule has 1 heterocycles. The average Bonchev–Trinajstić information content (AvgIpc) is 2.47. The van der Waals surface area contributed by atoms with Crippen molar-refractivity contribution in [2.24, 2.45) is 9.98 Å². The van der Waals surface area contributed by atoms with Crippen LogP contribution in [0.3, 0.4) is 0 Å². The van der Waals surface area contributed by atoms with Crippen LogP contribution in [-0.2, 0) is 4.74 Å². The minimum atomic E-state index is 0.312. The molecule has 3 nitrogen and oxygen atoms in total. The second-order valence-corrected chi connectivity index (χ2v) is 3.25. The van der Waals surface area contributed by atoms with Gasteiger partial charge in [-0.2, -0.15) is 0 Å². The Morgan fingerprint density at radius 1 is 1.83 bits per heavy atom. The van der Waals surface area contributed by atoms with E-state index >= 15 is 0 Å². The largest absolute Gasteiger partial charge is 0.479 e. The van der Waals surface area contributed by atoms with Crippen molar-refractivity contribution in [2.75, 3.05) is 6.61 Å². The molecule has 0 N–H and O–H groups in total. The highest BCUT2D eigenvalue weighted by atomic mass is 16.5. The lowest BCUT2D eigenvalue weighted by Crippen LogP contribution is -2.04. The molecule has 2 atom stereocenters. The van der Waals surface area contributed by atoms with Crippen LogP contribution in [0.2, 0.25) is 0 Å². The van der Waals surface area contributed by atoms with Crippen LogP contribution in [0.5, 0.6) is 0 Å². The van der Waals surface area contributed by atoms with E-state index in [4.69, 9.17) is 4.74 Å². The first-order chi connectivity index (χ1) is 5.72. The molecule has 0 aromatic heterocycles. The van der Waals surface area contributed by atoms with Crippen LogP contribution in [0.15, 0.2) is 9.98 Å². The Hall–Kier alpha value is -0.860. The summed E-state index contributed by atoms with van der Waals surface area (Å²) in [4.78, 5) is 8.23. The summed E-state index contributed by atoms with van der Waals surface area (Å²) in [5, 5.41) is 0. The van der Waals surface area contributed by atoms with Gasteiger partial charge in [0.2, 0.25) is 0 Å². The van der Waals surface area contributed by atoms with Gasteiger partial charge in [0.15, 0.2) is 5.90 Å². The predicted molar refractivity (Wildman–Crippen MR) is 51.1 cm³/mol. The fourth-order valence-electron chi connectivity index (χ4n) is 1.10. The molecule has 0 saturated carbocycles. The Morgan fingerprint density at radius 3 is 3.08 bits per heavy atom. The molecule has 0 fully saturated rings. The molecule has 1 aliphatic heterocycles. The summed E-state index contributed by atoms with van der Waals surface area (Å²) in [5.74, 6) is 0.887. The first kappa shape index (κ1) is 9.23. The zero-order chi connectivity index (χ0) is 8.97. The van der Waals surface area contributed by atoms with Crippen LogP contribution in [0, 0.1) is 0 Å². The van der Waals surface area contributed by atoms with Crippen molar-refractivity contribution in [3.8, 4) is 0 Å². The van der Waals surface area contributed by atoms with Crippen LogP contribution in [0.4, 0.5) is 0 Å². The highest BCUT2D eigenvalue weighted by Crippen LogP contribution is 2.09. The van der Waals surface area contributed by atoms with E-state index < -0.39 is 0 Å². The van der Waals surface area contributed by atoms with E-state index in [1.165, 1.54) is 0 Å². The van der Waals surface area contributed by atoms with Crippen LogP contribution >= 0.6 is 0 Å². The maximum Gasteiger partial charge on any atom is 0.183 e. The lowest BCUT2D eigenvalue weighted by atomic mass is 10.2. The van der Waals surface area contributed by atoms with Gasteiger partial charge in [0.1, 0.15) is 6.61 Å². The Labute approximate surface area is 73.6 Å². The van der Waals surface area contributed by atoms with Crippen LogP contribution < -0.4 is 0 Å². The molecule has 0 aromatic rings. The van der Waals surface area contributed by atoms with E-state index in [9.17, 15) is 0 Å². The molecular formula is C9H16N2O. The van der Waals surface area contributed by atoms with Gasteiger partial charge in [-0.3, -0.25) is 4.99 Å². The molecule has 12 heavy (non-hydrogen) atoms. The van der Waals surface area contributed by atoms with Crippen LogP contribution in [-0.4, -0.2) is 31.3 Å². The van der Waals surface area contributed by atoms with E-state index in [1.807, 2.05) is 6.92 Å². The number of nitrogens with zero attached hydrogens (tertiary/aromatic N) is 2. The third-order valence-electron chi connectivity index (χ3n) is 1.94. The van der Waals surface area contributed by atoms with Crippen LogP contribution in [0.25, 0.3) is 0 Å². The molecule has 0 aliphatic carbocycles. The second kappa shape index (κ2) is 4.24. The van der Waals surface area contributed by atoms with Gasteiger partial charge in [0.05, 0.1) is 6.04 Å². The van der Waals surface area contributed by atoms with Gasteiger partial charge < -0.3 is 4.74 Å². The Morgan fingerprint density at radius 2 is 2.58 bits per heavy atom. The van der Waals surface area contributed by atoms with Crippen molar-refractivity contribution in [2.45, 2.75) is 38.8 Å². The molecule has 68 valence electrons. The molecule has 3 heteroatoms. The van der Waals surface area contributed by atoms with Gasteiger partial charge in [-0.05, 0) is 27.0 Å². The second-order valence-electron chi connectivity index (χ2n) is 3.25. The average molecular weight is 168 g/mol. The van der Waals surface area contributed by atoms with Crippen molar-refractivity contribution in [3.63, 3.8) is 0 Å². The molecule has 0 radical (unpaired) electrons. The number of hydrogen-bond acceptors (Lipinski definition) is 3. The third kappa shape index (κ3) is 2.64. The summed E-state index contributed by atoms with van der Waals surface area (Å²) in [6.07, 6.45) is 1.87. The monoisotopic (exact) mass is 168 g/mol. The fraction of sp³-hybridized carbons (Fsp3) is 0.778. The minimum absolute atomic E-state index is 0.312. The normalized spacial score (nSPS) is 24.5. The lowest BCUT2D eigenvalue weighted by molar-refractivity contribution is 0.314. The fourth-order valence-corrected chi connectivity index (χ4v) is 1.10. The molecule has 0 saturated heterocycles. The molecule has 1 rings (SSSR count).